The van der Waals surface area contributed by atoms with E-state index in [-0.39, 0.29) is 11.6 Å². The third kappa shape index (κ3) is 5.60. The fraction of sp³-hybridized carbons (Fsp3) is 0.0164. The van der Waals surface area contributed by atoms with Gasteiger partial charge in [0, 0.05) is 50.0 Å². The quantitative estimate of drug-likeness (QED) is 0.156. The number of rotatable bonds is 7. The standard InChI is InChI=1S/C61H39F2N3/c62-42-23-27-44(28-24-42)65-57-21-11-8-18-51(57)53-37-46(32-35-59(53)65)64(47-33-36-60-54(38-47)52-19-9-12-22-58(52)66(60)45-29-25-43(63)26-30-45)48-31-34-50-49-17-7-10-20-55(49)61(56(50)39-48,40-13-3-1-4-14-40)41-15-5-2-6-16-41/h1-39H. The van der Waals surface area contributed by atoms with Crippen molar-refractivity contribution in [2.24, 2.45) is 0 Å². The highest BCUT2D eigenvalue weighted by Crippen LogP contribution is 2.57. The second-order valence-electron chi connectivity index (χ2n) is 17.2. The van der Waals surface area contributed by atoms with Crippen LogP contribution in [0, 0.1) is 11.6 Å². The monoisotopic (exact) mass is 851 g/mol. The maximum absolute atomic E-state index is 14.3. The largest absolute Gasteiger partial charge is 0.310 e. The van der Waals surface area contributed by atoms with Crippen LogP contribution >= 0.6 is 0 Å². The van der Waals surface area contributed by atoms with Crippen LogP contribution in [-0.2, 0) is 5.41 Å². The smallest absolute Gasteiger partial charge is 0.123 e. The van der Waals surface area contributed by atoms with Gasteiger partial charge in [0.15, 0.2) is 0 Å². The van der Waals surface area contributed by atoms with E-state index in [2.05, 4.69) is 202 Å². The van der Waals surface area contributed by atoms with Gasteiger partial charge < -0.3 is 14.0 Å². The van der Waals surface area contributed by atoms with Crippen molar-refractivity contribution in [3.8, 4) is 22.5 Å². The maximum Gasteiger partial charge on any atom is 0.123 e. The van der Waals surface area contributed by atoms with Crippen molar-refractivity contribution in [3.05, 3.63) is 270 Å². The van der Waals surface area contributed by atoms with Crippen LogP contribution in [0.1, 0.15) is 22.3 Å². The molecular weight excluding hydrogens is 813 g/mol. The number of nitrogens with zero attached hydrogens (tertiary/aromatic N) is 3. The van der Waals surface area contributed by atoms with Gasteiger partial charge in [0.05, 0.1) is 27.5 Å². The van der Waals surface area contributed by atoms with Crippen LogP contribution in [0.25, 0.3) is 66.1 Å². The van der Waals surface area contributed by atoms with Gasteiger partial charge in [-0.1, -0.05) is 127 Å². The van der Waals surface area contributed by atoms with Crippen molar-refractivity contribution >= 4 is 60.7 Å². The number of hydrogen-bond acceptors (Lipinski definition) is 1. The molecule has 1 aliphatic carbocycles. The molecule has 12 aromatic rings. The molecule has 0 aliphatic heterocycles. The van der Waals surface area contributed by atoms with Crippen molar-refractivity contribution in [1.82, 2.24) is 9.13 Å². The summed E-state index contributed by atoms with van der Waals surface area (Å²) in [7, 11) is 0. The summed E-state index contributed by atoms with van der Waals surface area (Å²) in [6.45, 7) is 0. The molecule has 2 aromatic heterocycles. The number of fused-ring (bicyclic) bond motifs is 9. The molecule has 10 aromatic carbocycles. The van der Waals surface area contributed by atoms with E-state index in [1.165, 1.54) is 57.6 Å². The highest BCUT2D eigenvalue weighted by Gasteiger charge is 2.46. The molecule has 13 rings (SSSR count). The Bertz CT molecular complexity index is 3630. The SMILES string of the molecule is Fc1ccc(-n2c3ccccc3c3cc(N(c4ccc5c(c4)C(c4ccccc4)(c4ccccc4)c4ccccc4-5)c4ccc5c(c4)c4ccccc4n5-c4ccc(F)cc4)ccc32)cc1. The molecule has 0 N–H and O–H groups in total. The van der Waals surface area contributed by atoms with Crippen molar-refractivity contribution in [3.63, 3.8) is 0 Å². The van der Waals surface area contributed by atoms with Gasteiger partial charge in [0.25, 0.3) is 0 Å². The van der Waals surface area contributed by atoms with Gasteiger partial charge in [-0.25, -0.2) is 8.78 Å². The van der Waals surface area contributed by atoms with Crippen molar-refractivity contribution in [2.75, 3.05) is 4.90 Å². The highest BCUT2D eigenvalue weighted by atomic mass is 19.1. The number of anilines is 3. The molecule has 1 aliphatic rings. The summed E-state index contributed by atoms with van der Waals surface area (Å²) < 4.78 is 33.0. The Morgan fingerprint density at radius 3 is 1.26 bits per heavy atom. The average molecular weight is 852 g/mol. The van der Waals surface area contributed by atoms with Crippen LogP contribution in [0.15, 0.2) is 237 Å². The van der Waals surface area contributed by atoms with E-state index in [0.29, 0.717) is 0 Å². The van der Waals surface area contributed by atoms with E-state index in [9.17, 15) is 8.78 Å². The summed E-state index contributed by atoms with van der Waals surface area (Å²) in [5.41, 5.74) is 15.7. The third-order valence-electron chi connectivity index (χ3n) is 13.7. The molecule has 66 heavy (non-hydrogen) atoms. The molecule has 0 atom stereocenters. The Morgan fingerprint density at radius 1 is 0.318 bits per heavy atom. The molecule has 0 fully saturated rings. The molecule has 5 heteroatoms. The minimum atomic E-state index is -0.588. The summed E-state index contributed by atoms with van der Waals surface area (Å²) in [4.78, 5) is 2.39. The van der Waals surface area contributed by atoms with Gasteiger partial charge in [-0.3, -0.25) is 0 Å². The number of para-hydroxylation sites is 2. The molecular formula is C61H39F2N3. The second-order valence-corrected chi connectivity index (χ2v) is 17.2. The van der Waals surface area contributed by atoms with E-state index < -0.39 is 5.41 Å². The average Bonchev–Trinajstić information content (AvgIpc) is 3.99. The first-order valence-corrected chi connectivity index (χ1v) is 22.3. The molecule has 0 saturated heterocycles. The lowest BCUT2D eigenvalue weighted by Gasteiger charge is -2.35. The predicted molar refractivity (Wildman–Crippen MR) is 267 cm³/mol. The van der Waals surface area contributed by atoms with Gasteiger partial charge in [0.2, 0.25) is 0 Å². The van der Waals surface area contributed by atoms with Gasteiger partial charge in [-0.15, -0.1) is 0 Å². The number of hydrogen-bond donors (Lipinski definition) is 0. The highest BCUT2D eigenvalue weighted by molar-refractivity contribution is 6.12. The fourth-order valence-corrected chi connectivity index (χ4v) is 11.0. The minimum absolute atomic E-state index is 0.267. The van der Waals surface area contributed by atoms with Crippen LogP contribution < -0.4 is 4.90 Å². The van der Waals surface area contributed by atoms with E-state index in [1.54, 1.807) is 0 Å². The molecule has 0 bridgehead atoms. The van der Waals surface area contributed by atoms with Crippen LogP contribution in [0.4, 0.5) is 25.8 Å². The summed E-state index contributed by atoms with van der Waals surface area (Å²) in [5, 5.41) is 4.38. The first kappa shape index (κ1) is 38.0. The molecule has 2 heterocycles. The second kappa shape index (κ2) is 14.8. The van der Waals surface area contributed by atoms with E-state index in [0.717, 1.165) is 72.0 Å². The van der Waals surface area contributed by atoms with Crippen molar-refractivity contribution < 1.29 is 8.78 Å². The van der Waals surface area contributed by atoms with Crippen molar-refractivity contribution in [2.45, 2.75) is 5.41 Å². The predicted octanol–water partition coefficient (Wildman–Crippen LogP) is 16.0. The Hall–Kier alpha value is -8.54. The van der Waals surface area contributed by atoms with E-state index >= 15 is 0 Å². The van der Waals surface area contributed by atoms with Crippen LogP contribution in [0.2, 0.25) is 0 Å². The molecule has 0 saturated carbocycles. The fourth-order valence-electron chi connectivity index (χ4n) is 11.0. The maximum atomic E-state index is 14.3. The summed E-state index contributed by atoms with van der Waals surface area (Å²) >= 11 is 0. The van der Waals surface area contributed by atoms with Gasteiger partial charge in [0.1, 0.15) is 11.6 Å². The molecule has 3 nitrogen and oxygen atoms in total. The van der Waals surface area contributed by atoms with Gasteiger partial charge in [-0.05, 0) is 143 Å². The van der Waals surface area contributed by atoms with Gasteiger partial charge >= 0.3 is 0 Å². The zero-order valence-electron chi connectivity index (χ0n) is 35.6. The zero-order valence-corrected chi connectivity index (χ0v) is 35.6. The normalized spacial score (nSPS) is 12.8. The summed E-state index contributed by atoms with van der Waals surface area (Å²) in [6.07, 6.45) is 0. The zero-order chi connectivity index (χ0) is 43.9. The molecule has 0 radical (unpaired) electrons. The minimum Gasteiger partial charge on any atom is -0.310 e. The Labute approximate surface area is 380 Å². The number of benzene rings is 10. The third-order valence-corrected chi connectivity index (χ3v) is 13.7. The Morgan fingerprint density at radius 2 is 0.727 bits per heavy atom. The molecule has 0 unspecified atom stereocenters. The Balaban J connectivity index is 1.09. The molecule has 0 spiro atoms. The van der Waals surface area contributed by atoms with Crippen molar-refractivity contribution in [1.29, 1.82) is 0 Å². The lowest BCUT2D eigenvalue weighted by Crippen LogP contribution is -2.28. The summed E-state index contributed by atoms with van der Waals surface area (Å²) in [5.74, 6) is -0.535. The molecule has 0 amide bonds. The molecule has 312 valence electrons. The van der Waals surface area contributed by atoms with Gasteiger partial charge in [-0.2, -0.15) is 0 Å². The summed E-state index contributed by atoms with van der Waals surface area (Å²) in [6, 6.07) is 81.4. The number of aromatic nitrogens is 2. The number of halogens is 2. The lowest BCUT2D eigenvalue weighted by atomic mass is 9.67. The topological polar surface area (TPSA) is 13.1 Å². The van der Waals surface area contributed by atoms with Crippen LogP contribution in [-0.4, -0.2) is 9.13 Å². The lowest BCUT2D eigenvalue weighted by molar-refractivity contribution is 0.627. The van der Waals surface area contributed by atoms with Crippen LogP contribution in [0.3, 0.4) is 0 Å². The first-order valence-electron chi connectivity index (χ1n) is 22.3. The Kier molecular flexibility index (Phi) is 8.49. The first-order chi connectivity index (χ1) is 32.6. The van der Waals surface area contributed by atoms with E-state index in [4.69, 9.17) is 0 Å². The van der Waals surface area contributed by atoms with E-state index in [1.807, 2.05) is 24.3 Å². The van der Waals surface area contributed by atoms with Crippen LogP contribution in [0.5, 0.6) is 0 Å².